The van der Waals surface area contributed by atoms with Crippen LogP contribution in [0.2, 0.25) is 5.02 Å². The number of nitrogens with one attached hydrogen (secondary N) is 1. The van der Waals surface area contributed by atoms with Crippen molar-refractivity contribution in [2.45, 2.75) is 0 Å². The molecule has 0 aliphatic heterocycles. The molecule has 0 atom stereocenters. The van der Waals surface area contributed by atoms with Gasteiger partial charge in [0.15, 0.2) is 17.4 Å². The van der Waals surface area contributed by atoms with Crippen molar-refractivity contribution in [2.24, 2.45) is 5.10 Å². The molecule has 6 nitrogen and oxygen atoms in total. The topological polar surface area (TPSA) is 76.7 Å². The second kappa shape index (κ2) is 8.24. The van der Waals surface area contributed by atoms with E-state index in [-0.39, 0.29) is 6.61 Å². The van der Waals surface area contributed by atoms with Gasteiger partial charge in [-0.2, -0.15) is 5.10 Å². The van der Waals surface area contributed by atoms with Crippen molar-refractivity contribution in [1.29, 1.82) is 0 Å². The number of carbonyl (C=O) groups is 1. The van der Waals surface area contributed by atoms with E-state index in [1.54, 1.807) is 41.7 Å². The molecule has 0 saturated heterocycles. The number of para-hydroxylation sites is 2. The van der Waals surface area contributed by atoms with Gasteiger partial charge in [-0.3, -0.25) is 4.79 Å². The zero-order valence-corrected chi connectivity index (χ0v) is 16.0. The highest BCUT2D eigenvalue weighted by Crippen LogP contribution is 2.30. The summed E-state index contributed by atoms with van der Waals surface area (Å²) in [7, 11) is 0. The van der Waals surface area contributed by atoms with Crippen molar-refractivity contribution < 1.29 is 13.9 Å². The van der Waals surface area contributed by atoms with Crippen LogP contribution in [0.4, 0.5) is 0 Å². The van der Waals surface area contributed by atoms with Crippen LogP contribution in [0.1, 0.15) is 5.76 Å². The third-order valence-electron chi connectivity index (χ3n) is 3.71. The summed E-state index contributed by atoms with van der Waals surface area (Å²) >= 11 is 7.52. The van der Waals surface area contributed by atoms with Crippen molar-refractivity contribution in [3.63, 3.8) is 0 Å². The fraction of sp³-hybridized carbons (Fsp3) is 0.0500. The molecule has 0 bridgehead atoms. The monoisotopic (exact) mass is 411 g/mol. The molecule has 2 heterocycles. The number of halogens is 1. The number of hydrogen-bond donors (Lipinski definition) is 1. The Kier molecular flexibility index (Phi) is 5.36. The number of rotatable bonds is 6. The molecule has 140 valence electrons. The van der Waals surface area contributed by atoms with Crippen LogP contribution in [-0.2, 0) is 4.79 Å². The molecule has 2 aromatic carbocycles. The normalized spacial score (nSPS) is 11.2. The van der Waals surface area contributed by atoms with Crippen molar-refractivity contribution in [1.82, 2.24) is 10.4 Å². The lowest BCUT2D eigenvalue weighted by atomic mass is 10.3. The highest BCUT2D eigenvalue weighted by Gasteiger charge is 2.10. The number of furan rings is 1. The minimum absolute atomic E-state index is 0.198. The van der Waals surface area contributed by atoms with Gasteiger partial charge in [0, 0.05) is 0 Å². The fourth-order valence-electron chi connectivity index (χ4n) is 2.42. The van der Waals surface area contributed by atoms with Crippen LogP contribution < -0.4 is 10.2 Å². The van der Waals surface area contributed by atoms with Gasteiger partial charge >= 0.3 is 0 Å². The van der Waals surface area contributed by atoms with E-state index < -0.39 is 5.91 Å². The molecule has 0 aliphatic rings. The number of fused-ring (bicyclic) bond motifs is 1. The summed E-state index contributed by atoms with van der Waals surface area (Å²) in [6.45, 7) is -0.198. The number of benzene rings is 2. The number of ether oxygens (including phenoxy) is 1. The molecular weight excluding hydrogens is 398 g/mol. The van der Waals surface area contributed by atoms with Gasteiger partial charge in [0.05, 0.1) is 21.5 Å². The number of hydrogen-bond acceptors (Lipinski definition) is 6. The van der Waals surface area contributed by atoms with Crippen LogP contribution in [0.3, 0.4) is 0 Å². The van der Waals surface area contributed by atoms with E-state index in [0.29, 0.717) is 22.3 Å². The first-order valence-electron chi connectivity index (χ1n) is 8.34. The zero-order chi connectivity index (χ0) is 19.3. The lowest BCUT2D eigenvalue weighted by Gasteiger charge is -2.05. The summed E-state index contributed by atoms with van der Waals surface area (Å²) in [6.07, 6.45) is 1.42. The molecule has 0 radical (unpaired) electrons. The molecular formula is C20H14ClN3O3S. The maximum atomic E-state index is 11.8. The Hall–Kier alpha value is -3.16. The molecule has 0 spiro atoms. The molecule has 2 aromatic heterocycles. The second-order valence-electron chi connectivity index (χ2n) is 5.70. The predicted octanol–water partition coefficient (Wildman–Crippen LogP) is 4.74. The molecule has 0 aliphatic carbocycles. The number of nitrogens with zero attached hydrogens (tertiary/aromatic N) is 2. The average molecular weight is 412 g/mol. The molecule has 0 unspecified atom stereocenters. The summed E-state index contributed by atoms with van der Waals surface area (Å²) in [6, 6.07) is 18.4. The number of amides is 1. The van der Waals surface area contributed by atoms with Crippen molar-refractivity contribution in [3.8, 4) is 16.5 Å². The molecule has 4 rings (SSSR count). The van der Waals surface area contributed by atoms with Crippen molar-refractivity contribution in [3.05, 3.63) is 71.4 Å². The summed E-state index contributed by atoms with van der Waals surface area (Å²) in [4.78, 5) is 16.4. The SMILES string of the molecule is O=C(COc1ccccc1Cl)N/N=C\c1ccc(-c2nc3ccccc3s2)o1. The standard InChI is InChI=1S/C20H14ClN3O3S/c21-14-5-1-3-7-16(14)26-12-19(25)24-22-11-13-9-10-17(27-13)20-23-15-6-2-4-8-18(15)28-20/h1-11H,12H2,(H,24,25)/b22-11-. The number of carbonyl (C=O) groups excluding carboxylic acids is 1. The number of thiazole rings is 1. The first-order valence-corrected chi connectivity index (χ1v) is 9.53. The van der Waals surface area contributed by atoms with Gasteiger partial charge in [-0.15, -0.1) is 11.3 Å². The first kappa shape index (κ1) is 18.2. The maximum absolute atomic E-state index is 11.8. The number of hydrazone groups is 1. The molecule has 4 aromatic rings. The highest BCUT2D eigenvalue weighted by molar-refractivity contribution is 7.21. The van der Waals surface area contributed by atoms with Crippen molar-refractivity contribution in [2.75, 3.05) is 6.61 Å². The quantitative estimate of drug-likeness (QED) is 0.367. The summed E-state index contributed by atoms with van der Waals surface area (Å²) in [5.41, 5.74) is 3.31. The van der Waals surface area contributed by atoms with E-state index >= 15 is 0 Å². The van der Waals surface area contributed by atoms with Gasteiger partial charge in [-0.05, 0) is 36.4 Å². The fourth-order valence-corrected chi connectivity index (χ4v) is 3.54. The van der Waals surface area contributed by atoms with Gasteiger partial charge in [-0.25, -0.2) is 10.4 Å². The third kappa shape index (κ3) is 4.21. The lowest BCUT2D eigenvalue weighted by Crippen LogP contribution is -2.24. The Morgan fingerprint density at radius 3 is 2.86 bits per heavy atom. The van der Waals surface area contributed by atoms with Crippen LogP contribution in [0.5, 0.6) is 5.75 Å². The van der Waals surface area contributed by atoms with E-state index in [2.05, 4.69) is 15.5 Å². The minimum atomic E-state index is -0.408. The third-order valence-corrected chi connectivity index (χ3v) is 5.07. The molecule has 0 fully saturated rings. The molecule has 28 heavy (non-hydrogen) atoms. The molecule has 0 saturated carbocycles. The average Bonchev–Trinajstić information content (AvgIpc) is 3.34. The Labute approximate surface area is 169 Å². The van der Waals surface area contributed by atoms with Gasteiger partial charge in [0.1, 0.15) is 11.5 Å². The van der Waals surface area contributed by atoms with Gasteiger partial charge in [-0.1, -0.05) is 35.9 Å². The second-order valence-corrected chi connectivity index (χ2v) is 7.14. The van der Waals surface area contributed by atoms with E-state index in [1.165, 1.54) is 6.21 Å². The Bertz CT molecular complexity index is 1120. The van der Waals surface area contributed by atoms with Gasteiger partial charge < -0.3 is 9.15 Å². The van der Waals surface area contributed by atoms with Crippen molar-refractivity contribution >= 4 is 45.3 Å². The summed E-state index contributed by atoms with van der Waals surface area (Å²) in [5.74, 6) is 1.18. The van der Waals surface area contributed by atoms with Crippen LogP contribution in [0, 0.1) is 0 Å². The smallest absolute Gasteiger partial charge is 0.277 e. The molecule has 8 heteroatoms. The Morgan fingerprint density at radius 1 is 1.18 bits per heavy atom. The van der Waals surface area contributed by atoms with Gasteiger partial charge in [0.25, 0.3) is 5.91 Å². The van der Waals surface area contributed by atoms with Crippen LogP contribution in [0.25, 0.3) is 21.0 Å². The lowest BCUT2D eigenvalue weighted by molar-refractivity contribution is -0.123. The van der Waals surface area contributed by atoms with Crippen LogP contribution in [-0.4, -0.2) is 23.7 Å². The highest BCUT2D eigenvalue weighted by atomic mass is 35.5. The van der Waals surface area contributed by atoms with Gasteiger partial charge in [0.2, 0.25) is 0 Å². The van der Waals surface area contributed by atoms with Crippen LogP contribution in [0.15, 0.2) is 70.2 Å². The predicted molar refractivity (Wildman–Crippen MR) is 110 cm³/mol. The van der Waals surface area contributed by atoms with Crippen LogP contribution >= 0.6 is 22.9 Å². The number of aromatic nitrogens is 1. The summed E-state index contributed by atoms with van der Waals surface area (Å²) in [5, 5.41) is 5.11. The maximum Gasteiger partial charge on any atom is 0.277 e. The zero-order valence-electron chi connectivity index (χ0n) is 14.5. The largest absolute Gasteiger partial charge is 0.482 e. The van der Waals surface area contributed by atoms with E-state index in [0.717, 1.165) is 15.2 Å². The molecule has 1 amide bonds. The van der Waals surface area contributed by atoms with E-state index in [9.17, 15) is 4.79 Å². The Morgan fingerprint density at radius 2 is 2.00 bits per heavy atom. The van der Waals surface area contributed by atoms with E-state index in [1.807, 2.05) is 30.3 Å². The Balaban J connectivity index is 1.34. The minimum Gasteiger partial charge on any atom is -0.482 e. The summed E-state index contributed by atoms with van der Waals surface area (Å²) < 4.78 is 12.2. The first-order chi connectivity index (χ1) is 13.7. The van der Waals surface area contributed by atoms with E-state index in [4.69, 9.17) is 20.8 Å². The molecule has 1 N–H and O–H groups in total.